The fourth-order valence-electron chi connectivity index (χ4n) is 5.74. The zero-order valence-corrected chi connectivity index (χ0v) is 31.2. The summed E-state index contributed by atoms with van der Waals surface area (Å²) < 4.78 is 32.4. The number of benzene rings is 2. The molecule has 0 N–H and O–H groups in total. The van der Waals surface area contributed by atoms with Gasteiger partial charge in [0.05, 0.1) is 10.9 Å². The lowest BCUT2D eigenvalue weighted by atomic mass is 9.87. The Labute approximate surface area is 306 Å². The number of pyridine rings is 1. The summed E-state index contributed by atoms with van der Waals surface area (Å²) in [5.41, 5.74) is 1.66. The number of hydrogen-bond acceptors (Lipinski definition) is 8. The summed E-state index contributed by atoms with van der Waals surface area (Å²) in [5, 5.41) is 0.964. The van der Waals surface area contributed by atoms with E-state index in [2.05, 4.69) is 11.6 Å². The third-order valence-electron chi connectivity index (χ3n) is 9.14. The number of para-hydroxylation sites is 1. The van der Waals surface area contributed by atoms with Crippen LogP contribution in [0.25, 0.3) is 10.9 Å². The normalized spacial score (nSPS) is 15.6. The van der Waals surface area contributed by atoms with Crippen LogP contribution in [0.15, 0.2) is 79.0 Å². The van der Waals surface area contributed by atoms with Gasteiger partial charge in [-0.25, -0.2) is 14.0 Å². The van der Waals surface area contributed by atoms with Crippen LogP contribution in [0.4, 0.5) is 4.39 Å². The van der Waals surface area contributed by atoms with E-state index in [-0.39, 0.29) is 43.8 Å². The van der Waals surface area contributed by atoms with Gasteiger partial charge in [0, 0.05) is 30.3 Å². The number of amides is 1. The summed E-state index contributed by atoms with van der Waals surface area (Å²) in [5.74, 6) is -2.88. The first-order valence-corrected chi connectivity index (χ1v) is 18.0. The van der Waals surface area contributed by atoms with Crippen molar-refractivity contribution < 1.29 is 37.8 Å². The number of likely N-dealkylation sites (tertiary alicyclic amines) is 1. The molecule has 1 fully saturated rings. The number of carbonyl (C=O) groups excluding carboxylic acids is 4. The number of aromatic nitrogens is 1. The summed E-state index contributed by atoms with van der Waals surface area (Å²) >= 11 is 0. The monoisotopic (exact) mass is 714 g/mol. The number of rotatable bonds is 16. The number of piperidine rings is 1. The van der Waals surface area contributed by atoms with Crippen LogP contribution in [0.5, 0.6) is 5.75 Å². The van der Waals surface area contributed by atoms with Gasteiger partial charge in [-0.1, -0.05) is 58.5 Å². The molecule has 0 saturated carbocycles. The lowest BCUT2D eigenvalue weighted by Crippen LogP contribution is -2.53. The molecule has 1 aliphatic rings. The van der Waals surface area contributed by atoms with E-state index in [1.54, 1.807) is 18.3 Å². The van der Waals surface area contributed by atoms with Crippen LogP contribution in [-0.4, -0.2) is 59.3 Å². The van der Waals surface area contributed by atoms with E-state index in [9.17, 15) is 19.2 Å². The zero-order chi connectivity index (χ0) is 38.0. The highest BCUT2D eigenvalue weighted by Crippen LogP contribution is 2.31. The number of Topliss-reactive ketones (excluding diaryl/α,β-unsaturated/α-hetero) is 1. The maximum absolute atomic E-state index is 15.1. The second-order valence-corrected chi connectivity index (χ2v) is 14.8. The van der Waals surface area contributed by atoms with Crippen LogP contribution in [0.1, 0.15) is 84.5 Å². The van der Waals surface area contributed by atoms with Crippen molar-refractivity contribution in [3.8, 4) is 5.75 Å². The zero-order valence-electron chi connectivity index (χ0n) is 31.2. The van der Waals surface area contributed by atoms with Crippen molar-refractivity contribution >= 4 is 34.5 Å². The third-order valence-corrected chi connectivity index (χ3v) is 9.14. The predicted octanol–water partition coefficient (Wildman–Crippen LogP) is 7.91. The molecule has 2 aromatic carbocycles. The predicted molar refractivity (Wildman–Crippen MR) is 198 cm³/mol. The van der Waals surface area contributed by atoms with Crippen molar-refractivity contribution in [2.75, 3.05) is 19.8 Å². The molecule has 1 aliphatic heterocycles. The molecule has 0 spiro atoms. The second-order valence-electron chi connectivity index (χ2n) is 14.8. The summed E-state index contributed by atoms with van der Waals surface area (Å²) in [6.07, 6.45) is 6.12. The highest BCUT2D eigenvalue weighted by Gasteiger charge is 2.42. The third kappa shape index (κ3) is 11.1. The molecule has 278 valence electrons. The average Bonchev–Trinajstić information content (AvgIpc) is 3.12. The van der Waals surface area contributed by atoms with Gasteiger partial charge in [-0.05, 0) is 98.8 Å². The van der Waals surface area contributed by atoms with E-state index >= 15 is 4.39 Å². The first-order chi connectivity index (χ1) is 24.6. The average molecular weight is 715 g/mol. The lowest BCUT2D eigenvalue weighted by Gasteiger charge is -2.36. The SMILES string of the molecule is C=C(COc1cc(F)cc([C@@H](CCc2cnc3ccccc3c2)OC(=O)[C@@H]2CCCCN2C(=O)C(=O)C(C)(C)COC(=O)/C=C\C(C)C)c1)C(C)C. The summed E-state index contributed by atoms with van der Waals surface area (Å²) in [6, 6.07) is 13.0. The Kier molecular flexibility index (Phi) is 13.9. The minimum absolute atomic E-state index is 0.140. The minimum Gasteiger partial charge on any atom is -0.489 e. The van der Waals surface area contributed by atoms with Crippen LogP contribution in [0.2, 0.25) is 0 Å². The first kappa shape index (κ1) is 39.9. The van der Waals surface area contributed by atoms with E-state index in [0.717, 1.165) is 22.0 Å². The molecule has 1 amide bonds. The summed E-state index contributed by atoms with van der Waals surface area (Å²) in [7, 11) is 0. The molecule has 0 unspecified atom stereocenters. The van der Waals surface area contributed by atoms with Crippen molar-refractivity contribution in [3.05, 3.63) is 96.0 Å². The Hall–Kier alpha value is -4.86. The van der Waals surface area contributed by atoms with E-state index in [0.29, 0.717) is 31.2 Å². The number of carbonyl (C=O) groups is 4. The molecule has 4 rings (SSSR count). The van der Waals surface area contributed by atoms with Crippen molar-refractivity contribution in [1.82, 2.24) is 9.88 Å². The number of ether oxygens (including phenoxy) is 3. The molecule has 0 aliphatic carbocycles. The number of fused-ring (bicyclic) bond motifs is 1. The van der Waals surface area contributed by atoms with Crippen LogP contribution in [0.3, 0.4) is 0 Å². The molecular weight excluding hydrogens is 663 g/mol. The van der Waals surface area contributed by atoms with E-state index in [4.69, 9.17) is 14.2 Å². The number of ketones is 1. The van der Waals surface area contributed by atoms with Crippen molar-refractivity contribution in [2.45, 2.75) is 85.8 Å². The van der Waals surface area contributed by atoms with Crippen LogP contribution >= 0.6 is 0 Å². The maximum Gasteiger partial charge on any atom is 0.330 e. The number of allylic oxidation sites excluding steroid dienone is 1. The molecule has 2 heterocycles. The Balaban J connectivity index is 1.55. The number of esters is 2. The van der Waals surface area contributed by atoms with Gasteiger partial charge in [-0.15, -0.1) is 0 Å². The summed E-state index contributed by atoms with van der Waals surface area (Å²) in [4.78, 5) is 59.2. The van der Waals surface area contributed by atoms with Gasteiger partial charge in [0.1, 0.15) is 36.9 Å². The first-order valence-electron chi connectivity index (χ1n) is 18.0. The maximum atomic E-state index is 15.1. The molecule has 3 aromatic rings. The molecule has 9 nitrogen and oxygen atoms in total. The fourth-order valence-corrected chi connectivity index (χ4v) is 5.74. The van der Waals surface area contributed by atoms with Crippen molar-refractivity contribution in [1.29, 1.82) is 0 Å². The Morgan fingerprint density at radius 1 is 1.06 bits per heavy atom. The largest absolute Gasteiger partial charge is 0.489 e. The highest BCUT2D eigenvalue weighted by molar-refractivity contribution is 6.38. The van der Waals surface area contributed by atoms with Gasteiger partial charge in [0.2, 0.25) is 5.78 Å². The van der Waals surface area contributed by atoms with Gasteiger partial charge in [0.25, 0.3) is 5.91 Å². The lowest BCUT2D eigenvalue weighted by molar-refractivity contribution is -0.165. The molecule has 2 atom stereocenters. The highest BCUT2D eigenvalue weighted by atomic mass is 19.1. The quantitative estimate of drug-likeness (QED) is 0.0637. The molecule has 0 radical (unpaired) electrons. The van der Waals surface area contributed by atoms with Gasteiger partial charge >= 0.3 is 11.9 Å². The second kappa shape index (κ2) is 18.1. The van der Waals surface area contributed by atoms with Gasteiger partial charge in [-0.2, -0.15) is 0 Å². The molecule has 0 bridgehead atoms. The van der Waals surface area contributed by atoms with E-state index < -0.39 is 47.0 Å². The molecule has 10 heteroatoms. The van der Waals surface area contributed by atoms with Crippen LogP contribution in [0, 0.1) is 23.1 Å². The minimum atomic E-state index is -1.33. The van der Waals surface area contributed by atoms with Gasteiger partial charge in [0.15, 0.2) is 0 Å². The van der Waals surface area contributed by atoms with Gasteiger partial charge in [-0.3, -0.25) is 14.6 Å². The van der Waals surface area contributed by atoms with E-state index in [1.807, 2.05) is 58.0 Å². The molecule has 1 saturated heterocycles. The Morgan fingerprint density at radius 2 is 1.81 bits per heavy atom. The Bertz CT molecular complexity index is 1800. The molecule has 1 aromatic heterocycles. The standard InChI is InChI=1S/C42H51FN2O7/c1-27(2)15-18-38(46)51-26-42(6,7)39(47)40(48)45-19-11-10-14-36(45)41(49)52-37(17-16-30-20-31-12-8-9-13-35(31)44-24-30)32-21-33(43)23-34(22-32)50-25-29(5)28(3)4/h8-9,12-13,15,18,20-24,27-28,36-37H,5,10-11,14,16-17,19,25-26H2,1-4,6-7H3/b18-15-/t36-,37+/m0/s1. The fraction of sp³-hybridized carbons (Fsp3) is 0.452. The van der Waals surface area contributed by atoms with Crippen LogP contribution < -0.4 is 4.74 Å². The number of hydrogen-bond donors (Lipinski definition) is 0. The number of aryl methyl sites for hydroxylation is 1. The topological polar surface area (TPSA) is 112 Å². The smallest absolute Gasteiger partial charge is 0.330 e. The number of halogens is 1. The van der Waals surface area contributed by atoms with Crippen molar-refractivity contribution in [3.63, 3.8) is 0 Å². The van der Waals surface area contributed by atoms with Gasteiger partial charge < -0.3 is 19.1 Å². The number of nitrogens with zero attached hydrogens (tertiary/aromatic N) is 2. The molecular formula is C42H51FN2O7. The van der Waals surface area contributed by atoms with E-state index in [1.165, 1.54) is 37.0 Å². The Morgan fingerprint density at radius 3 is 2.54 bits per heavy atom. The van der Waals surface area contributed by atoms with Crippen LogP contribution in [-0.2, 0) is 35.1 Å². The summed E-state index contributed by atoms with van der Waals surface area (Å²) in [6.45, 7) is 15.0. The molecule has 52 heavy (non-hydrogen) atoms. The van der Waals surface area contributed by atoms with Crippen molar-refractivity contribution in [2.24, 2.45) is 17.3 Å².